The van der Waals surface area contributed by atoms with Crippen molar-refractivity contribution in [2.24, 2.45) is 0 Å². The number of nitrogens with one attached hydrogen (secondary N) is 1. The zero-order valence-electron chi connectivity index (χ0n) is 12.3. The number of nitrogens with zero attached hydrogens (tertiary/aromatic N) is 1. The molecule has 2 aromatic rings. The van der Waals surface area contributed by atoms with Crippen molar-refractivity contribution in [1.82, 2.24) is 0 Å². The molecule has 0 atom stereocenters. The van der Waals surface area contributed by atoms with E-state index < -0.39 is 0 Å². The number of carbonyl (C=O) groups excluding carboxylic acids is 1. The number of anilines is 2. The van der Waals surface area contributed by atoms with Gasteiger partial charge in [0.25, 0.3) is 5.91 Å². The van der Waals surface area contributed by atoms with Crippen molar-refractivity contribution in [2.75, 3.05) is 36.5 Å². The van der Waals surface area contributed by atoms with E-state index in [1.165, 1.54) is 6.26 Å². The first kappa shape index (κ1) is 14.9. The number of benzene rings is 1. The van der Waals surface area contributed by atoms with E-state index in [-0.39, 0.29) is 5.91 Å². The molecule has 0 saturated carbocycles. The number of ether oxygens (including phenoxy) is 1. The fraction of sp³-hybridized carbons (Fsp3) is 0.312. The Bertz CT molecular complexity index is 678. The molecular weight excluding hydrogens is 304 g/mol. The van der Waals surface area contributed by atoms with Gasteiger partial charge in [0.05, 0.1) is 30.9 Å². The molecule has 3 rings (SSSR count). The smallest absolute Gasteiger partial charge is 0.291 e. The maximum absolute atomic E-state index is 12.4. The van der Waals surface area contributed by atoms with E-state index in [0.717, 1.165) is 24.3 Å². The molecule has 116 valence electrons. The Balaban J connectivity index is 1.87. The van der Waals surface area contributed by atoms with Gasteiger partial charge in [0.15, 0.2) is 5.76 Å². The first-order valence-electron chi connectivity index (χ1n) is 7.13. The number of morpholine rings is 1. The highest BCUT2D eigenvalue weighted by molar-refractivity contribution is 6.31. The Kier molecular flexibility index (Phi) is 4.36. The lowest BCUT2D eigenvalue weighted by atomic mass is 10.2. The van der Waals surface area contributed by atoms with Crippen LogP contribution < -0.4 is 10.2 Å². The summed E-state index contributed by atoms with van der Waals surface area (Å²) in [5.41, 5.74) is 2.41. The van der Waals surface area contributed by atoms with Gasteiger partial charge in [-0.3, -0.25) is 4.79 Å². The van der Waals surface area contributed by atoms with E-state index in [1.54, 1.807) is 12.1 Å². The van der Waals surface area contributed by atoms with Crippen LogP contribution in [0.4, 0.5) is 11.4 Å². The number of amides is 1. The zero-order chi connectivity index (χ0) is 15.5. The summed E-state index contributed by atoms with van der Waals surface area (Å²) in [5, 5.41) is 3.46. The second-order valence-corrected chi connectivity index (χ2v) is 5.58. The minimum absolute atomic E-state index is 0.278. The van der Waals surface area contributed by atoms with Gasteiger partial charge >= 0.3 is 0 Å². The Morgan fingerprint density at radius 2 is 2.05 bits per heavy atom. The lowest BCUT2D eigenvalue weighted by Gasteiger charge is -2.30. The molecule has 1 aromatic carbocycles. The average molecular weight is 321 g/mol. The summed E-state index contributed by atoms with van der Waals surface area (Å²) >= 11 is 6.08. The topological polar surface area (TPSA) is 54.7 Å². The molecule has 0 spiro atoms. The summed E-state index contributed by atoms with van der Waals surface area (Å²) in [4.78, 5) is 14.5. The molecule has 0 unspecified atom stereocenters. The average Bonchev–Trinajstić information content (AvgIpc) is 2.94. The Labute approximate surface area is 133 Å². The molecule has 5 nitrogen and oxygen atoms in total. The highest BCUT2D eigenvalue weighted by atomic mass is 35.5. The lowest BCUT2D eigenvalue weighted by Crippen LogP contribution is -2.36. The molecule has 2 heterocycles. The Morgan fingerprint density at radius 3 is 2.73 bits per heavy atom. The van der Waals surface area contributed by atoms with Crippen molar-refractivity contribution < 1.29 is 13.9 Å². The van der Waals surface area contributed by atoms with Crippen LogP contribution in [0.15, 0.2) is 34.9 Å². The minimum atomic E-state index is -0.278. The molecular formula is C16H17ClN2O3. The van der Waals surface area contributed by atoms with Gasteiger partial charge in [-0.1, -0.05) is 11.6 Å². The van der Waals surface area contributed by atoms with Crippen LogP contribution in [0.2, 0.25) is 5.02 Å². The number of aryl methyl sites for hydroxylation is 1. The molecule has 1 N–H and O–H groups in total. The van der Waals surface area contributed by atoms with Crippen LogP contribution in [0.1, 0.15) is 16.1 Å². The molecule has 0 radical (unpaired) electrons. The second-order valence-electron chi connectivity index (χ2n) is 5.15. The summed E-state index contributed by atoms with van der Waals surface area (Å²) < 4.78 is 10.6. The number of rotatable bonds is 3. The van der Waals surface area contributed by atoms with Gasteiger partial charge in [-0.25, -0.2) is 0 Å². The van der Waals surface area contributed by atoms with Gasteiger partial charge in [0.2, 0.25) is 0 Å². The van der Waals surface area contributed by atoms with Crippen molar-refractivity contribution in [2.45, 2.75) is 6.92 Å². The van der Waals surface area contributed by atoms with Crippen LogP contribution in [0.3, 0.4) is 0 Å². The highest BCUT2D eigenvalue weighted by Crippen LogP contribution is 2.30. The van der Waals surface area contributed by atoms with Gasteiger partial charge in [0.1, 0.15) is 0 Å². The predicted octanol–water partition coefficient (Wildman–Crippen LogP) is 3.33. The standard InChI is InChI=1S/C16H17ClN2O3/c1-11-4-7-22-15(11)16(20)18-13-10-12(17)2-3-14(13)19-5-8-21-9-6-19/h2-4,7,10H,5-6,8-9H2,1H3,(H,18,20). The molecule has 0 aliphatic carbocycles. The third-order valence-corrected chi connectivity index (χ3v) is 3.86. The summed E-state index contributed by atoms with van der Waals surface area (Å²) in [6.07, 6.45) is 1.51. The highest BCUT2D eigenvalue weighted by Gasteiger charge is 2.19. The van der Waals surface area contributed by atoms with Gasteiger partial charge in [-0.15, -0.1) is 0 Å². The quantitative estimate of drug-likeness (QED) is 0.942. The Hall–Kier alpha value is -1.98. The molecule has 1 amide bonds. The third-order valence-electron chi connectivity index (χ3n) is 3.63. The van der Waals surface area contributed by atoms with E-state index in [9.17, 15) is 4.79 Å². The molecule has 1 aliphatic heterocycles. The summed E-state index contributed by atoms with van der Waals surface area (Å²) in [6.45, 7) is 4.74. The van der Waals surface area contributed by atoms with E-state index >= 15 is 0 Å². The number of halogens is 1. The fourth-order valence-corrected chi connectivity index (χ4v) is 2.64. The molecule has 1 fully saturated rings. The van der Waals surface area contributed by atoms with E-state index in [1.807, 2.05) is 19.1 Å². The molecule has 1 saturated heterocycles. The molecule has 6 heteroatoms. The predicted molar refractivity (Wildman–Crippen MR) is 85.9 cm³/mol. The SMILES string of the molecule is Cc1ccoc1C(=O)Nc1cc(Cl)ccc1N1CCOCC1. The maximum Gasteiger partial charge on any atom is 0.291 e. The van der Waals surface area contributed by atoms with Crippen LogP contribution in [0.25, 0.3) is 0 Å². The van der Waals surface area contributed by atoms with Crippen LogP contribution in [0.5, 0.6) is 0 Å². The summed E-state index contributed by atoms with van der Waals surface area (Å²) in [7, 11) is 0. The fourth-order valence-electron chi connectivity index (χ4n) is 2.47. The largest absolute Gasteiger partial charge is 0.459 e. The van der Waals surface area contributed by atoms with Crippen molar-refractivity contribution in [3.63, 3.8) is 0 Å². The number of hydrogen-bond donors (Lipinski definition) is 1. The van der Waals surface area contributed by atoms with Gasteiger partial charge in [-0.05, 0) is 31.2 Å². The molecule has 1 aromatic heterocycles. The van der Waals surface area contributed by atoms with Crippen molar-refractivity contribution >= 4 is 28.9 Å². The van der Waals surface area contributed by atoms with Crippen molar-refractivity contribution in [3.05, 3.63) is 46.9 Å². The first-order valence-corrected chi connectivity index (χ1v) is 7.50. The number of hydrogen-bond acceptors (Lipinski definition) is 4. The van der Waals surface area contributed by atoms with Gasteiger partial charge < -0.3 is 19.4 Å². The van der Waals surface area contributed by atoms with E-state index in [4.69, 9.17) is 20.8 Å². The van der Waals surface area contributed by atoms with Crippen LogP contribution in [-0.2, 0) is 4.74 Å². The van der Waals surface area contributed by atoms with Crippen LogP contribution in [0, 0.1) is 6.92 Å². The monoisotopic (exact) mass is 320 g/mol. The van der Waals surface area contributed by atoms with Crippen molar-refractivity contribution in [3.8, 4) is 0 Å². The first-order chi connectivity index (χ1) is 10.6. The number of furan rings is 1. The van der Waals surface area contributed by atoms with E-state index in [2.05, 4.69) is 10.2 Å². The number of carbonyl (C=O) groups is 1. The van der Waals surface area contributed by atoms with Crippen LogP contribution >= 0.6 is 11.6 Å². The normalized spacial score (nSPS) is 14.9. The Morgan fingerprint density at radius 1 is 1.27 bits per heavy atom. The molecule has 0 bridgehead atoms. The zero-order valence-corrected chi connectivity index (χ0v) is 13.0. The van der Waals surface area contributed by atoms with Gasteiger partial charge in [0, 0.05) is 23.7 Å². The summed E-state index contributed by atoms with van der Waals surface area (Å²) in [5.74, 6) is 0.0344. The minimum Gasteiger partial charge on any atom is -0.459 e. The van der Waals surface area contributed by atoms with E-state index in [0.29, 0.717) is 29.7 Å². The summed E-state index contributed by atoms with van der Waals surface area (Å²) in [6, 6.07) is 7.25. The third kappa shape index (κ3) is 3.10. The van der Waals surface area contributed by atoms with Crippen LogP contribution in [-0.4, -0.2) is 32.2 Å². The molecule has 22 heavy (non-hydrogen) atoms. The molecule has 1 aliphatic rings. The second kappa shape index (κ2) is 6.42. The lowest BCUT2D eigenvalue weighted by molar-refractivity contribution is 0.0996. The van der Waals surface area contributed by atoms with Gasteiger partial charge in [-0.2, -0.15) is 0 Å². The maximum atomic E-state index is 12.4. The van der Waals surface area contributed by atoms with Crippen molar-refractivity contribution in [1.29, 1.82) is 0 Å².